The molecule has 1 saturated heterocycles. The van der Waals surface area contributed by atoms with Gasteiger partial charge in [0.1, 0.15) is 15.6 Å². The largest absolute Gasteiger partial charge is 0.325 e. The van der Waals surface area contributed by atoms with Gasteiger partial charge in [-0.3, -0.25) is 9.69 Å². The highest BCUT2D eigenvalue weighted by atomic mass is 35.5. The molecule has 0 aliphatic carbocycles. The summed E-state index contributed by atoms with van der Waals surface area (Å²) in [6, 6.07) is -0.431. The van der Waals surface area contributed by atoms with E-state index in [4.69, 9.17) is 11.6 Å². The van der Waals surface area contributed by atoms with Crippen molar-refractivity contribution < 1.29 is 9.59 Å². The molecule has 3 amide bonds. The second-order valence-electron chi connectivity index (χ2n) is 3.94. The molecular weight excluding hydrogens is 252 g/mol. The van der Waals surface area contributed by atoms with E-state index in [-0.39, 0.29) is 12.5 Å². The zero-order chi connectivity index (χ0) is 11.9. The SMILES string of the molecule is CC1(C)NC(=O)N(Cc2nnsc2Cl)C1=O. The maximum Gasteiger partial charge on any atom is 0.325 e. The number of amides is 3. The van der Waals surface area contributed by atoms with Crippen LogP contribution in [0.1, 0.15) is 19.5 Å². The van der Waals surface area contributed by atoms with E-state index in [1.165, 1.54) is 0 Å². The molecule has 16 heavy (non-hydrogen) atoms. The average molecular weight is 261 g/mol. The van der Waals surface area contributed by atoms with Crippen LogP contribution in [0, 0.1) is 0 Å². The molecule has 2 rings (SSSR count). The van der Waals surface area contributed by atoms with Gasteiger partial charge in [0.25, 0.3) is 5.91 Å². The molecule has 0 spiro atoms. The third-order valence-corrected chi connectivity index (χ3v) is 3.25. The van der Waals surface area contributed by atoms with E-state index in [0.717, 1.165) is 16.4 Å². The van der Waals surface area contributed by atoms with E-state index in [0.29, 0.717) is 10.0 Å². The van der Waals surface area contributed by atoms with Crippen LogP contribution in [0.4, 0.5) is 4.79 Å². The Labute approximate surface area is 101 Å². The number of carbonyl (C=O) groups excluding carboxylic acids is 2. The van der Waals surface area contributed by atoms with E-state index in [2.05, 4.69) is 14.9 Å². The topological polar surface area (TPSA) is 75.2 Å². The molecule has 1 aliphatic heterocycles. The van der Waals surface area contributed by atoms with Crippen molar-refractivity contribution in [2.75, 3.05) is 0 Å². The number of hydrogen-bond acceptors (Lipinski definition) is 5. The van der Waals surface area contributed by atoms with Crippen LogP contribution in [0.5, 0.6) is 0 Å². The van der Waals surface area contributed by atoms with Gasteiger partial charge in [0.05, 0.1) is 6.54 Å². The fraction of sp³-hybridized carbons (Fsp3) is 0.500. The van der Waals surface area contributed by atoms with Crippen molar-refractivity contribution in [2.45, 2.75) is 25.9 Å². The molecule has 1 aromatic heterocycles. The monoisotopic (exact) mass is 260 g/mol. The Kier molecular flexibility index (Phi) is 2.59. The predicted octanol–water partition coefficient (Wildman–Crippen LogP) is 1.02. The van der Waals surface area contributed by atoms with Crippen molar-refractivity contribution in [3.8, 4) is 0 Å². The summed E-state index contributed by atoms with van der Waals surface area (Å²) >= 11 is 6.83. The van der Waals surface area contributed by atoms with Gasteiger partial charge in [0.15, 0.2) is 0 Å². The summed E-state index contributed by atoms with van der Waals surface area (Å²) in [4.78, 5) is 24.5. The minimum absolute atomic E-state index is 0.0590. The Morgan fingerprint density at radius 1 is 1.50 bits per heavy atom. The van der Waals surface area contributed by atoms with Gasteiger partial charge < -0.3 is 5.32 Å². The van der Waals surface area contributed by atoms with Crippen molar-refractivity contribution in [3.05, 3.63) is 10.0 Å². The maximum absolute atomic E-state index is 11.8. The van der Waals surface area contributed by atoms with Crippen LogP contribution in [0.2, 0.25) is 4.34 Å². The van der Waals surface area contributed by atoms with E-state index in [9.17, 15) is 9.59 Å². The fourth-order valence-electron chi connectivity index (χ4n) is 1.40. The van der Waals surface area contributed by atoms with Gasteiger partial charge in [0, 0.05) is 11.5 Å². The van der Waals surface area contributed by atoms with E-state index in [1.807, 2.05) is 0 Å². The maximum atomic E-state index is 11.8. The van der Waals surface area contributed by atoms with Crippen LogP contribution in [0.25, 0.3) is 0 Å². The summed E-state index contributed by atoms with van der Waals surface area (Å²) < 4.78 is 4.03. The first-order valence-electron chi connectivity index (χ1n) is 4.52. The molecule has 1 N–H and O–H groups in total. The highest BCUT2D eigenvalue weighted by Crippen LogP contribution is 2.23. The fourth-order valence-corrected chi connectivity index (χ4v) is 2.01. The Morgan fingerprint density at radius 2 is 2.19 bits per heavy atom. The molecule has 86 valence electrons. The zero-order valence-corrected chi connectivity index (χ0v) is 10.2. The van der Waals surface area contributed by atoms with Crippen molar-refractivity contribution in [2.24, 2.45) is 0 Å². The minimum atomic E-state index is -0.868. The molecular formula is C8H9ClN4O2S. The lowest BCUT2D eigenvalue weighted by Gasteiger charge is -2.14. The molecule has 1 aromatic rings. The van der Waals surface area contributed by atoms with Gasteiger partial charge in [-0.25, -0.2) is 4.79 Å². The smallest absolute Gasteiger partial charge is 0.324 e. The summed E-state index contributed by atoms with van der Waals surface area (Å²) in [5, 5.41) is 6.33. The molecule has 0 unspecified atom stereocenters. The Balaban J connectivity index is 2.21. The molecule has 1 fully saturated rings. The summed E-state index contributed by atoms with van der Waals surface area (Å²) in [6.45, 7) is 3.35. The molecule has 0 atom stereocenters. The third kappa shape index (κ3) is 1.76. The number of carbonyl (C=O) groups is 2. The minimum Gasteiger partial charge on any atom is -0.324 e. The Bertz CT molecular complexity index is 459. The summed E-state index contributed by atoms with van der Waals surface area (Å²) in [6.07, 6.45) is 0. The van der Waals surface area contributed by atoms with Crippen LogP contribution in [-0.2, 0) is 11.3 Å². The van der Waals surface area contributed by atoms with E-state index in [1.54, 1.807) is 13.8 Å². The number of rotatable bonds is 2. The van der Waals surface area contributed by atoms with Gasteiger partial charge in [-0.2, -0.15) is 0 Å². The lowest BCUT2D eigenvalue weighted by Crippen LogP contribution is -2.40. The summed E-state index contributed by atoms with van der Waals surface area (Å²) in [5.74, 6) is -0.290. The Morgan fingerprint density at radius 3 is 2.62 bits per heavy atom. The number of aromatic nitrogens is 2. The van der Waals surface area contributed by atoms with Crippen molar-refractivity contribution in [1.29, 1.82) is 0 Å². The van der Waals surface area contributed by atoms with Crippen LogP contribution < -0.4 is 5.32 Å². The van der Waals surface area contributed by atoms with Crippen LogP contribution in [-0.4, -0.2) is 32.0 Å². The summed E-state index contributed by atoms with van der Waals surface area (Å²) in [5.41, 5.74) is -0.430. The number of nitrogens with zero attached hydrogens (tertiary/aromatic N) is 3. The van der Waals surface area contributed by atoms with Crippen LogP contribution >= 0.6 is 23.1 Å². The molecule has 0 aromatic carbocycles. The van der Waals surface area contributed by atoms with Gasteiger partial charge in [0.2, 0.25) is 0 Å². The second kappa shape index (κ2) is 3.67. The normalized spacial score (nSPS) is 19.1. The van der Waals surface area contributed by atoms with Gasteiger partial charge in [-0.05, 0) is 13.8 Å². The number of urea groups is 1. The first-order valence-corrected chi connectivity index (χ1v) is 5.68. The van der Waals surface area contributed by atoms with Crippen molar-refractivity contribution >= 4 is 35.1 Å². The quantitative estimate of drug-likeness (QED) is 0.806. The first-order chi connectivity index (χ1) is 7.42. The zero-order valence-electron chi connectivity index (χ0n) is 8.65. The standard InChI is InChI=1S/C8H9ClN4O2S/c1-8(2)6(14)13(7(15)10-8)3-4-5(9)16-12-11-4/h3H2,1-2H3,(H,10,15). The number of hydrogen-bond donors (Lipinski definition) is 1. The average Bonchev–Trinajstić information content (AvgIpc) is 2.65. The van der Waals surface area contributed by atoms with Gasteiger partial charge in [-0.15, -0.1) is 5.10 Å². The number of imide groups is 1. The second-order valence-corrected chi connectivity index (χ2v) is 5.30. The lowest BCUT2D eigenvalue weighted by atomic mass is 10.1. The highest BCUT2D eigenvalue weighted by Gasteiger charge is 2.44. The molecule has 0 radical (unpaired) electrons. The summed E-state index contributed by atoms with van der Waals surface area (Å²) in [7, 11) is 0. The Hall–Kier alpha value is -1.21. The van der Waals surface area contributed by atoms with E-state index >= 15 is 0 Å². The predicted molar refractivity (Wildman–Crippen MR) is 58.1 cm³/mol. The van der Waals surface area contributed by atoms with Crippen molar-refractivity contribution in [1.82, 2.24) is 19.8 Å². The molecule has 0 bridgehead atoms. The highest BCUT2D eigenvalue weighted by molar-refractivity contribution is 7.10. The molecule has 6 nitrogen and oxygen atoms in total. The van der Waals surface area contributed by atoms with E-state index < -0.39 is 11.6 Å². The lowest BCUT2D eigenvalue weighted by molar-refractivity contribution is -0.130. The van der Waals surface area contributed by atoms with Crippen LogP contribution in [0.3, 0.4) is 0 Å². The van der Waals surface area contributed by atoms with Crippen molar-refractivity contribution in [3.63, 3.8) is 0 Å². The molecule has 1 aliphatic rings. The number of nitrogens with one attached hydrogen (secondary N) is 1. The molecule has 2 heterocycles. The first kappa shape index (κ1) is 11.3. The van der Waals surface area contributed by atoms with Gasteiger partial charge in [-0.1, -0.05) is 16.1 Å². The molecule has 0 saturated carbocycles. The third-order valence-electron chi connectivity index (χ3n) is 2.26. The van der Waals surface area contributed by atoms with Gasteiger partial charge >= 0.3 is 6.03 Å². The van der Waals surface area contributed by atoms with Crippen LogP contribution in [0.15, 0.2) is 0 Å². The number of halogens is 1. The molecule has 8 heteroatoms.